The summed E-state index contributed by atoms with van der Waals surface area (Å²) < 4.78 is 0. The number of non-ortho nitro benzene ring substituents is 1. The molecule has 0 unspecified atom stereocenters. The number of primary amides is 1. The molecule has 0 saturated heterocycles. The number of carbonyl (C=O) groups excluding carboxylic acids is 4. The Bertz CT molecular complexity index is 950. The summed E-state index contributed by atoms with van der Waals surface area (Å²) in [5.41, 5.74) is 16.9. The molecule has 0 saturated carbocycles. The molecule has 0 radical (unpaired) electrons. The Hall–Kier alpha value is -4.27. The number of aldehydes is 1. The van der Waals surface area contributed by atoms with Crippen molar-refractivity contribution in [2.24, 2.45) is 22.2 Å². The largest absolute Gasteiger partial charge is 0.385 e. The molecule has 0 bridgehead atoms. The highest BCUT2D eigenvalue weighted by Crippen LogP contribution is 2.25. The minimum atomic E-state index is -0.650. The number of rotatable bonds is 14. The third-order valence-corrected chi connectivity index (χ3v) is 4.54. The summed E-state index contributed by atoms with van der Waals surface area (Å²) in [4.78, 5) is 58.2. The van der Waals surface area contributed by atoms with Crippen LogP contribution in [0.2, 0.25) is 0 Å². The van der Waals surface area contributed by atoms with E-state index in [1.54, 1.807) is 14.0 Å². The average molecular weight is 540 g/mol. The molecule has 15 heteroatoms. The van der Waals surface area contributed by atoms with Crippen molar-refractivity contribution in [3.05, 3.63) is 33.4 Å². The van der Waals surface area contributed by atoms with Crippen LogP contribution in [0.25, 0.3) is 0 Å². The fourth-order valence-corrected chi connectivity index (χ4v) is 2.86. The van der Waals surface area contributed by atoms with Crippen LogP contribution in [-0.4, -0.2) is 74.2 Å². The van der Waals surface area contributed by atoms with Crippen molar-refractivity contribution in [3.8, 4) is 0 Å². The first-order valence-electron chi connectivity index (χ1n) is 12.0. The monoisotopic (exact) mass is 539 g/mol. The van der Waals surface area contributed by atoms with Crippen LogP contribution in [0.1, 0.15) is 49.5 Å². The number of likely N-dealkylation sites (N-methyl/N-ethyl adjacent to an activating group) is 1. The molecule has 0 aliphatic carbocycles. The van der Waals surface area contributed by atoms with Crippen LogP contribution in [0.4, 0.5) is 11.4 Å². The van der Waals surface area contributed by atoms with Gasteiger partial charge in [-0.25, -0.2) is 0 Å². The van der Waals surface area contributed by atoms with Crippen LogP contribution in [0, 0.1) is 17.0 Å². The number of guanidine groups is 1. The maximum Gasteiger partial charge on any atom is 0.270 e. The zero-order chi connectivity index (χ0) is 29.7. The number of nitrogens with zero attached hydrogens (tertiary/aromatic N) is 2. The van der Waals surface area contributed by atoms with Crippen molar-refractivity contribution in [3.63, 3.8) is 0 Å². The van der Waals surface area contributed by atoms with Crippen LogP contribution >= 0.6 is 0 Å². The van der Waals surface area contributed by atoms with Gasteiger partial charge in [0.25, 0.3) is 5.69 Å². The van der Waals surface area contributed by atoms with Gasteiger partial charge in [-0.3, -0.25) is 34.3 Å². The topological polar surface area (TPSA) is 250 Å². The Labute approximate surface area is 222 Å². The summed E-state index contributed by atoms with van der Waals surface area (Å²) in [6.07, 6.45) is 1.75. The highest BCUT2D eigenvalue weighted by molar-refractivity contribution is 5.89. The van der Waals surface area contributed by atoms with Crippen molar-refractivity contribution < 1.29 is 24.1 Å². The minimum absolute atomic E-state index is 0.00609. The van der Waals surface area contributed by atoms with Crippen molar-refractivity contribution in [2.45, 2.75) is 46.6 Å². The first-order valence-corrected chi connectivity index (χ1v) is 12.0. The zero-order valence-electron chi connectivity index (χ0n) is 22.6. The second-order valence-electron chi connectivity index (χ2n) is 7.38. The van der Waals surface area contributed by atoms with Gasteiger partial charge in [0.15, 0.2) is 12.2 Å². The maximum absolute atomic E-state index is 11.8. The molecule has 0 aromatic heterocycles. The third kappa shape index (κ3) is 15.7. The number of nitrogens with one attached hydrogen (secondary N) is 4. The number of nitro benzene ring substituents is 1. The Kier molecular flexibility index (Phi) is 19.7. The predicted molar refractivity (Wildman–Crippen MR) is 147 cm³/mol. The number of nitrogens with two attached hydrogens (primary N) is 3. The molecule has 3 amide bonds. The van der Waals surface area contributed by atoms with Crippen LogP contribution in [0.15, 0.2) is 17.1 Å². The van der Waals surface area contributed by atoms with Gasteiger partial charge in [0.05, 0.1) is 24.1 Å². The van der Waals surface area contributed by atoms with Gasteiger partial charge < -0.3 is 38.5 Å². The zero-order valence-corrected chi connectivity index (χ0v) is 22.6. The molecular formula is C23H41N9O6. The van der Waals surface area contributed by atoms with Crippen molar-refractivity contribution in [2.75, 3.05) is 38.5 Å². The van der Waals surface area contributed by atoms with Crippen LogP contribution in [0.5, 0.6) is 0 Å². The second kappa shape index (κ2) is 20.9. The lowest BCUT2D eigenvalue weighted by Crippen LogP contribution is -2.47. The number of benzene rings is 1. The van der Waals surface area contributed by atoms with Crippen molar-refractivity contribution in [1.82, 2.24) is 16.0 Å². The molecule has 1 aromatic rings. The first-order chi connectivity index (χ1) is 18.0. The Morgan fingerprint density at radius 2 is 1.76 bits per heavy atom. The molecule has 0 spiro atoms. The molecule has 0 aliphatic heterocycles. The molecule has 1 aromatic carbocycles. The van der Waals surface area contributed by atoms with Gasteiger partial charge in [-0.15, -0.1) is 0 Å². The lowest BCUT2D eigenvalue weighted by molar-refractivity contribution is -0.384. The van der Waals surface area contributed by atoms with Crippen LogP contribution < -0.4 is 38.5 Å². The minimum Gasteiger partial charge on any atom is -0.385 e. The number of carbonyl (C=O) groups is 4. The lowest BCUT2D eigenvalue weighted by atomic mass is 10.1. The van der Waals surface area contributed by atoms with E-state index in [9.17, 15) is 29.3 Å². The lowest BCUT2D eigenvalue weighted by Gasteiger charge is -2.15. The molecular weight excluding hydrogens is 498 g/mol. The summed E-state index contributed by atoms with van der Waals surface area (Å²) in [5, 5.41) is 21.1. The van der Waals surface area contributed by atoms with E-state index < -0.39 is 22.8 Å². The number of aryl methyl sites for hydroxylation is 1. The molecule has 0 aliphatic rings. The Balaban J connectivity index is 0. The van der Waals surface area contributed by atoms with E-state index in [4.69, 9.17) is 17.2 Å². The molecule has 0 heterocycles. The maximum atomic E-state index is 11.8. The number of hydrogen-bond acceptors (Lipinski definition) is 9. The van der Waals surface area contributed by atoms with Gasteiger partial charge in [0.1, 0.15) is 0 Å². The number of amides is 3. The van der Waals surface area contributed by atoms with Gasteiger partial charge in [-0.1, -0.05) is 13.8 Å². The van der Waals surface area contributed by atoms with Gasteiger partial charge >= 0.3 is 0 Å². The summed E-state index contributed by atoms with van der Waals surface area (Å²) >= 11 is 0. The summed E-state index contributed by atoms with van der Waals surface area (Å²) in [7, 11) is 1.64. The quantitative estimate of drug-likeness (QED) is 0.0399. The second-order valence-corrected chi connectivity index (χ2v) is 7.38. The summed E-state index contributed by atoms with van der Waals surface area (Å²) in [6, 6.07) is 2.27. The van der Waals surface area contributed by atoms with E-state index in [0.717, 1.165) is 0 Å². The van der Waals surface area contributed by atoms with Crippen LogP contribution in [-0.2, 0) is 14.4 Å². The number of anilines is 1. The fraction of sp³-hybridized carbons (Fsp3) is 0.522. The van der Waals surface area contributed by atoms with Gasteiger partial charge in [0, 0.05) is 36.5 Å². The standard InChI is InChI=1S/C11H23N7O3.C10H12N2O3.C2H6/c1-15-7(3-2-4-16-11(13)14)10(21)18-6-9(20)17-5-8(12)19;1-3-11-10-7(2)4-9(12(14)15)5-8(10)6-13;1-2/h7,15H,2-6H2,1H3,(H2,12,19)(H,17,20)(H,18,21)(H4,13,14,16);4-6,11H,3H2,1-2H3;1-2H3/t7-;;/m0../s1. The number of aliphatic imine (C=N–C) groups is 1. The van der Waals surface area contributed by atoms with Crippen molar-refractivity contribution >= 4 is 41.3 Å². The number of hydrogen-bond donors (Lipinski definition) is 7. The normalized spacial score (nSPS) is 10.2. The Morgan fingerprint density at radius 1 is 1.13 bits per heavy atom. The van der Waals surface area contributed by atoms with E-state index >= 15 is 0 Å². The first kappa shape index (κ1) is 35.9. The van der Waals surface area contributed by atoms with E-state index in [1.807, 2.05) is 20.8 Å². The molecule has 38 heavy (non-hydrogen) atoms. The van der Waals surface area contributed by atoms with Gasteiger partial charge in [0.2, 0.25) is 17.7 Å². The van der Waals surface area contributed by atoms with E-state index in [1.165, 1.54) is 12.1 Å². The molecule has 1 rings (SSSR count). The third-order valence-electron chi connectivity index (χ3n) is 4.54. The molecule has 0 fully saturated rings. The summed E-state index contributed by atoms with van der Waals surface area (Å²) in [6.45, 7) is 8.24. The van der Waals surface area contributed by atoms with E-state index in [2.05, 4.69) is 26.3 Å². The highest BCUT2D eigenvalue weighted by Gasteiger charge is 2.16. The fourth-order valence-electron chi connectivity index (χ4n) is 2.86. The molecule has 10 N–H and O–H groups in total. The van der Waals surface area contributed by atoms with Crippen LogP contribution in [0.3, 0.4) is 0 Å². The SMILES string of the molecule is CC.CCNc1c(C)cc([N+](=O)[O-])cc1C=O.CN[C@@H](CCCN=C(N)N)C(=O)NCC(=O)NCC(N)=O. The highest BCUT2D eigenvalue weighted by atomic mass is 16.6. The Morgan fingerprint density at radius 3 is 2.24 bits per heavy atom. The molecule has 1 atom stereocenters. The van der Waals surface area contributed by atoms with E-state index in [0.29, 0.717) is 49.0 Å². The smallest absolute Gasteiger partial charge is 0.270 e. The number of nitro groups is 1. The van der Waals surface area contributed by atoms with Gasteiger partial charge in [-0.05, 0) is 39.3 Å². The van der Waals surface area contributed by atoms with E-state index in [-0.39, 0.29) is 30.6 Å². The average Bonchev–Trinajstić information content (AvgIpc) is 2.88. The van der Waals surface area contributed by atoms with Gasteiger partial charge in [-0.2, -0.15) is 0 Å². The van der Waals surface area contributed by atoms with Crippen molar-refractivity contribution in [1.29, 1.82) is 0 Å². The molecule has 214 valence electrons. The summed E-state index contributed by atoms with van der Waals surface area (Å²) in [5.74, 6) is -1.46. The molecule has 15 nitrogen and oxygen atoms in total. The predicted octanol–water partition coefficient (Wildman–Crippen LogP) is -0.481.